The molecule has 0 spiro atoms. The van der Waals surface area contributed by atoms with Gasteiger partial charge in [0.05, 0.1) is 11.9 Å². The van der Waals surface area contributed by atoms with Crippen LogP contribution in [0.15, 0.2) is 16.8 Å². The second-order valence-corrected chi connectivity index (χ2v) is 7.85. The van der Waals surface area contributed by atoms with Gasteiger partial charge >= 0.3 is 0 Å². The summed E-state index contributed by atoms with van der Waals surface area (Å²) in [6, 6.07) is 0. The fourth-order valence-electron chi connectivity index (χ4n) is 4.15. The van der Waals surface area contributed by atoms with Gasteiger partial charge in [0.2, 0.25) is 11.8 Å². The molecule has 2 aromatic rings. The fourth-order valence-corrected chi connectivity index (χ4v) is 4.15. The lowest BCUT2D eigenvalue weighted by atomic mass is 9.86. The van der Waals surface area contributed by atoms with E-state index in [2.05, 4.69) is 20.2 Å². The number of piperidine rings is 1. The van der Waals surface area contributed by atoms with Gasteiger partial charge in [-0.2, -0.15) is 0 Å². The maximum Gasteiger partial charge on any atom is 0.267 e. The molecular formula is C20H27N5O2. The molecule has 4 rings (SSSR count). The third-order valence-corrected chi connectivity index (χ3v) is 5.83. The van der Waals surface area contributed by atoms with E-state index in [4.69, 9.17) is 4.42 Å². The van der Waals surface area contributed by atoms with Crippen molar-refractivity contribution in [3.63, 3.8) is 0 Å². The van der Waals surface area contributed by atoms with Crippen LogP contribution in [0.3, 0.4) is 0 Å². The first-order valence-electron chi connectivity index (χ1n) is 10.1. The molecule has 7 heteroatoms. The van der Waals surface area contributed by atoms with Crippen LogP contribution in [0, 0.1) is 12.8 Å². The van der Waals surface area contributed by atoms with Crippen LogP contribution in [0.4, 0.5) is 0 Å². The highest BCUT2D eigenvalue weighted by molar-refractivity contribution is 5.76. The summed E-state index contributed by atoms with van der Waals surface area (Å²) < 4.78 is 5.84. The Morgan fingerprint density at radius 2 is 1.85 bits per heavy atom. The van der Waals surface area contributed by atoms with E-state index in [1.54, 1.807) is 12.4 Å². The highest BCUT2D eigenvalue weighted by atomic mass is 16.4. The minimum atomic E-state index is 0.211. The third kappa shape index (κ3) is 4.34. The zero-order chi connectivity index (χ0) is 18.6. The third-order valence-electron chi connectivity index (χ3n) is 5.83. The van der Waals surface area contributed by atoms with Crippen LogP contribution >= 0.6 is 0 Å². The van der Waals surface area contributed by atoms with Crippen molar-refractivity contribution >= 4 is 5.91 Å². The Morgan fingerprint density at radius 3 is 2.56 bits per heavy atom. The number of hydrogen-bond acceptors (Lipinski definition) is 6. The van der Waals surface area contributed by atoms with E-state index in [-0.39, 0.29) is 5.92 Å². The number of amides is 1. The van der Waals surface area contributed by atoms with E-state index in [1.165, 1.54) is 32.1 Å². The van der Waals surface area contributed by atoms with Gasteiger partial charge in [0, 0.05) is 31.6 Å². The molecule has 7 nitrogen and oxygen atoms in total. The molecular weight excluding hydrogens is 342 g/mol. The van der Waals surface area contributed by atoms with E-state index in [1.807, 2.05) is 11.8 Å². The van der Waals surface area contributed by atoms with E-state index >= 15 is 0 Å². The molecule has 2 aromatic heterocycles. The van der Waals surface area contributed by atoms with Crippen molar-refractivity contribution in [2.24, 2.45) is 5.92 Å². The second kappa shape index (κ2) is 8.15. The molecule has 0 atom stereocenters. The minimum Gasteiger partial charge on any atom is -0.419 e. The number of aromatic nitrogens is 4. The van der Waals surface area contributed by atoms with E-state index < -0.39 is 0 Å². The quantitative estimate of drug-likeness (QED) is 0.820. The van der Waals surface area contributed by atoms with Crippen LogP contribution in [0.1, 0.15) is 68.9 Å². The first-order chi connectivity index (χ1) is 13.2. The Bertz CT molecular complexity index is 759. The molecule has 0 aromatic carbocycles. The van der Waals surface area contributed by atoms with Gasteiger partial charge in [-0.3, -0.25) is 9.78 Å². The molecule has 2 aliphatic rings. The predicted octanol–water partition coefficient (Wildman–Crippen LogP) is 3.51. The van der Waals surface area contributed by atoms with Gasteiger partial charge in [0.1, 0.15) is 5.69 Å². The first kappa shape index (κ1) is 18.1. The summed E-state index contributed by atoms with van der Waals surface area (Å²) in [6.45, 7) is 3.44. The summed E-state index contributed by atoms with van der Waals surface area (Å²) in [5, 5.41) is 8.34. The highest BCUT2D eigenvalue weighted by Crippen LogP contribution is 2.31. The molecule has 1 aliphatic carbocycles. The molecule has 2 fully saturated rings. The Balaban J connectivity index is 1.31. The van der Waals surface area contributed by atoms with Gasteiger partial charge in [0.25, 0.3) is 5.89 Å². The van der Waals surface area contributed by atoms with Gasteiger partial charge < -0.3 is 9.32 Å². The number of hydrogen-bond donors (Lipinski definition) is 0. The van der Waals surface area contributed by atoms with Crippen LogP contribution < -0.4 is 0 Å². The smallest absolute Gasteiger partial charge is 0.267 e. The molecule has 1 aliphatic heterocycles. The van der Waals surface area contributed by atoms with Gasteiger partial charge in [0.15, 0.2) is 0 Å². The zero-order valence-electron chi connectivity index (χ0n) is 15.9. The van der Waals surface area contributed by atoms with Crippen LogP contribution in [0.25, 0.3) is 11.6 Å². The summed E-state index contributed by atoms with van der Waals surface area (Å²) in [5.41, 5.74) is 1.45. The number of carbonyl (C=O) groups excluding carboxylic acids is 1. The zero-order valence-corrected chi connectivity index (χ0v) is 15.9. The molecule has 0 bridgehead atoms. The van der Waals surface area contributed by atoms with Crippen molar-refractivity contribution in [3.8, 4) is 11.6 Å². The standard InChI is InChI=1S/C20H27N5O2/c1-14-12-22-17(13-21-14)20-24-23-19(27-20)16-7-9-25(10-8-16)18(26)11-15-5-3-2-4-6-15/h12-13,15-16H,2-11H2,1H3. The average Bonchev–Trinajstić information content (AvgIpc) is 3.20. The highest BCUT2D eigenvalue weighted by Gasteiger charge is 2.29. The molecule has 0 N–H and O–H groups in total. The van der Waals surface area contributed by atoms with Crippen LogP contribution in [-0.4, -0.2) is 44.1 Å². The Hall–Kier alpha value is -2.31. The number of rotatable bonds is 4. The number of likely N-dealkylation sites (tertiary alicyclic amines) is 1. The minimum absolute atomic E-state index is 0.211. The number of aryl methyl sites for hydroxylation is 1. The lowest BCUT2D eigenvalue weighted by Crippen LogP contribution is -2.38. The number of carbonyl (C=O) groups is 1. The van der Waals surface area contributed by atoms with Crippen LogP contribution in [-0.2, 0) is 4.79 Å². The summed E-state index contributed by atoms with van der Waals surface area (Å²) in [6.07, 6.45) is 12.1. The van der Waals surface area contributed by atoms with Crippen LogP contribution in [0.5, 0.6) is 0 Å². The fraction of sp³-hybridized carbons (Fsp3) is 0.650. The Morgan fingerprint density at radius 1 is 1.07 bits per heavy atom. The van der Waals surface area contributed by atoms with E-state index in [0.717, 1.165) is 38.0 Å². The van der Waals surface area contributed by atoms with E-state index in [9.17, 15) is 4.79 Å². The second-order valence-electron chi connectivity index (χ2n) is 7.85. The molecule has 3 heterocycles. The van der Waals surface area contributed by atoms with Crippen LogP contribution in [0.2, 0.25) is 0 Å². The van der Waals surface area contributed by atoms with Gasteiger partial charge in [-0.15, -0.1) is 10.2 Å². The SMILES string of the molecule is Cc1cnc(-c2nnc(C3CCN(C(=O)CC4CCCCC4)CC3)o2)cn1. The molecule has 144 valence electrons. The average molecular weight is 369 g/mol. The lowest BCUT2D eigenvalue weighted by Gasteiger charge is -2.32. The molecule has 1 saturated heterocycles. The largest absolute Gasteiger partial charge is 0.419 e. The van der Waals surface area contributed by atoms with Gasteiger partial charge in [-0.05, 0) is 38.5 Å². The maximum atomic E-state index is 12.6. The Kier molecular flexibility index (Phi) is 5.45. The Labute approximate surface area is 159 Å². The molecule has 0 unspecified atom stereocenters. The van der Waals surface area contributed by atoms with Crippen molar-refractivity contribution in [1.82, 2.24) is 25.1 Å². The first-order valence-corrected chi connectivity index (χ1v) is 10.1. The summed E-state index contributed by atoms with van der Waals surface area (Å²) in [7, 11) is 0. The number of nitrogens with zero attached hydrogens (tertiary/aromatic N) is 5. The van der Waals surface area contributed by atoms with Crippen molar-refractivity contribution in [1.29, 1.82) is 0 Å². The maximum absolute atomic E-state index is 12.6. The lowest BCUT2D eigenvalue weighted by molar-refractivity contribution is -0.133. The van der Waals surface area contributed by atoms with Crippen molar-refractivity contribution in [2.45, 2.75) is 64.2 Å². The summed E-state index contributed by atoms with van der Waals surface area (Å²) in [5.74, 6) is 2.18. The molecule has 27 heavy (non-hydrogen) atoms. The molecule has 0 radical (unpaired) electrons. The molecule has 1 saturated carbocycles. The van der Waals surface area contributed by atoms with E-state index in [0.29, 0.717) is 29.3 Å². The summed E-state index contributed by atoms with van der Waals surface area (Å²) in [4.78, 5) is 23.1. The topological polar surface area (TPSA) is 85.0 Å². The van der Waals surface area contributed by atoms with Crippen molar-refractivity contribution in [2.75, 3.05) is 13.1 Å². The monoisotopic (exact) mass is 369 g/mol. The van der Waals surface area contributed by atoms with Gasteiger partial charge in [-0.25, -0.2) is 4.98 Å². The predicted molar refractivity (Wildman–Crippen MR) is 99.8 cm³/mol. The van der Waals surface area contributed by atoms with Crippen molar-refractivity contribution in [3.05, 3.63) is 24.0 Å². The van der Waals surface area contributed by atoms with Crippen molar-refractivity contribution < 1.29 is 9.21 Å². The van der Waals surface area contributed by atoms with Gasteiger partial charge in [-0.1, -0.05) is 19.3 Å². The summed E-state index contributed by atoms with van der Waals surface area (Å²) >= 11 is 0. The molecule has 1 amide bonds. The normalized spacial score (nSPS) is 19.4.